The molecule has 1 aromatic carbocycles. The van der Waals surface area contributed by atoms with Gasteiger partial charge in [0.15, 0.2) is 11.5 Å². The number of hydrogen-bond donors (Lipinski definition) is 0. The van der Waals surface area contributed by atoms with Crippen LogP contribution in [0.15, 0.2) is 30.5 Å². The zero-order valence-electron chi connectivity index (χ0n) is 16.7. The highest BCUT2D eigenvalue weighted by Crippen LogP contribution is 2.38. The molecule has 0 saturated carbocycles. The minimum atomic E-state index is -0.0615. The van der Waals surface area contributed by atoms with Crippen molar-refractivity contribution < 1.29 is 14.3 Å². The molecule has 0 saturated heterocycles. The minimum Gasteiger partial charge on any atom is -0.493 e. The fraction of sp³-hybridized carbons (Fsp3) is 0.455. The van der Waals surface area contributed by atoms with Crippen molar-refractivity contribution >= 4 is 17.5 Å². The summed E-state index contributed by atoms with van der Waals surface area (Å²) in [5.41, 5.74) is 2.75. The lowest BCUT2D eigenvalue weighted by Gasteiger charge is -2.35. The second-order valence-corrected chi connectivity index (χ2v) is 7.28. The van der Waals surface area contributed by atoms with Gasteiger partial charge in [-0.25, -0.2) is 0 Å². The highest BCUT2D eigenvalue weighted by atomic mass is 35.5. The van der Waals surface area contributed by atoms with Crippen molar-refractivity contribution in [2.24, 2.45) is 0 Å². The quantitative estimate of drug-likeness (QED) is 0.648. The first-order valence-electron chi connectivity index (χ1n) is 9.85. The Bertz CT molecular complexity index is 841. The zero-order chi connectivity index (χ0) is 20.1. The van der Waals surface area contributed by atoms with E-state index in [1.807, 2.05) is 24.1 Å². The molecule has 0 bridgehead atoms. The van der Waals surface area contributed by atoms with Crippen molar-refractivity contribution in [2.45, 2.75) is 45.6 Å². The molecule has 1 atom stereocenters. The second kappa shape index (κ2) is 9.28. The molecule has 5 nitrogen and oxygen atoms in total. The molecule has 1 heterocycles. The summed E-state index contributed by atoms with van der Waals surface area (Å²) in [6, 6.07) is 7.44. The maximum Gasteiger partial charge on any atom is 0.254 e. The SMILES string of the molecule is CCCN(C(=O)c1cc(Cl)c(OCC)c(OC)c1)[C@H]1CCCc2cccnc21. The number of hydrogen-bond acceptors (Lipinski definition) is 4. The normalized spacial score (nSPS) is 15.6. The first kappa shape index (κ1) is 20.5. The molecular weight excluding hydrogens is 376 g/mol. The van der Waals surface area contributed by atoms with Crippen molar-refractivity contribution in [3.63, 3.8) is 0 Å². The number of benzene rings is 1. The van der Waals surface area contributed by atoms with Crippen molar-refractivity contribution in [3.8, 4) is 11.5 Å². The second-order valence-electron chi connectivity index (χ2n) is 6.88. The van der Waals surface area contributed by atoms with E-state index < -0.39 is 0 Å². The van der Waals surface area contributed by atoms with Crippen LogP contribution in [0.25, 0.3) is 0 Å². The van der Waals surface area contributed by atoms with Crippen LogP contribution in [-0.2, 0) is 6.42 Å². The average molecular weight is 403 g/mol. The molecule has 2 aromatic rings. The van der Waals surface area contributed by atoms with E-state index in [-0.39, 0.29) is 11.9 Å². The molecule has 3 rings (SSSR count). The summed E-state index contributed by atoms with van der Waals surface area (Å²) in [6.45, 7) is 5.09. The number of halogens is 1. The lowest BCUT2D eigenvalue weighted by atomic mass is 9.90. The molecule has 0 aliphatic heterocycles. The summed E-state index contributed by atoms with van der Waals surface area (Å²) in [7, 11) is 1.55. The van der Waals surface area contributed by atoms with E-state index in [1.165, 1.54) is 5.56 Å². The molecule has 0 fully saturated rings. The van der Waals surface area contributed by atoms with Crippen LogP contribution in [-0.4, -0.2) is 36.1 Å². The summed E-state index contributed by atoms with van der Waals surface area (Å²) in [5, 5.41) is 0.378. The maximum absolute atomic E-state index is 13.5. The molecule has 0 unspecified atom stereocenters. The van der Waals surface area contributed by atoms with Crippen molar-refractivity contribution in [1.82, 2.24) is 9.88 Å². The average Bonchev–Trinajstić information content (AvgIpc) is 2.72. The number of fused-ring (bicyclic) bond motifs is 1. The molecule has 0 N–H and O–H groups in total. The Kier molecular flexibility index (Phi) is 6.79. The molecular formula is C22H27ClN2O3. The number of methoxy groups -OCH3 is 1. The Morgan fingerprint density at radius 3 is 2.89 bits per heavy atom. The number of pyridine rings is 1. The maximum atomic E-state index is 13.5. The Morgan fingerprint density at radius 1 is 1.36 bits per heavy atom. The topological polar surface area (TPSA) is 51.7 Å². The van der Waals surface area contributed by atoms with Gasteiger partial charge in [0.25, 0.3) is 5.91 Å². The Hall–Kier alpha value is -2.27. The van der Waals surface area contributed by atoms with E-state index >= 15 is 0 Å². The number of rotatable bonds is 7. The molecule has 1 amide bonds. The van der Waals surface area contributed by atoms with Gasteiger partial charge < -0.3 is 14.4 Å². The van der Waals surface area contributed by atoms with Crippen LogP contribution in [0.2, 0.25) is 5.02 Å². The highest BCUT2D eigenvalue weighted by molar-refractivity contribution is 6.32. The summed E-state index contributed by atoms with van der Waals surface area (Å²) in [6.07, 6.45) is 5.65. The lowest BCUT2D eigenvalue weighted by molar-refractivity contribution is 0.0651. The number of aromatic nitrogens is 1. The fourth-order valence-electron chi connectivity index (χ4n) is 3.82. The van der Waals surface area contributed by atoms with Gasteiger partial charge in [-0.15, -0.1) is 0 Å². The van der Waals surface area contributed by atoms with E-state index in [9.17, 15) is 4.79 Å². The van der Waals surface area contributed by atoms with Gasteiger partial charge in [0.1, 0.15) is 0 Å². The van der Waals surface area contributed by atoms with Crippen molar-refractivity contribution in [1.29, 1.82) is 0 Å². The van der Waals surface area contributed by atoms with E-state index in [4.69, 9.17) is 21.1 Å². The van der Waals surface area contributed by atoms with Crippen LogP contribution < -0.4 is 9.47 Å². The van der Waals surface area contributed by atoms with Gasteiger partial charge >= 0.3 is 0 Å². The predicted molar refractivity (Wildman–Crippen MR) is 110 cm³/mol. The summed E-state index contributed by atoms with van der Waals surface area (Å²) < 4.78 is 11.0. The molecule has 1 aliphatic carbocycles. The number of carbonyl (C=O) groups excluding carboxylic acids is 1. The van der Waals surface area contributed by atoms with Gasteiger partial charge in [-0.3, -0.25) is 9.78 Å². The summed E-state index contributed by atoms with van der Waals surface area (Å²) in [4.78, 5) is 20.0. The Morgan fingerprint density at radius 2 is 2.18 bits per heavy atom. The minimum absolute atomic E-state index is 0.0197. The highest BCUT2D eigenvalue weighted by Gasteiger charge is 2.31. The van der Waals surface area contributed by atoms with Crippen LogP contribution >= 0.6 is 11.6 Å². The summed E-state index contributed by atoms with van der Waals surface area (Å²) >= 11 is 6.40. The molecule has 28 heavy (non-hydrogen) atoms. The van der Waals surface area contributed by atoms with Crippen LogP contribution in [0, 0.1) is 0 Å². The third-order valence-electron chi connectivity index (χ3n) is 5.03. The summed E-state index contributed by atoms with van der Waals surface area (Å²) in [5.74, 6) is 0.875. The molecule has 150 valence electrons. The van der Waals surface area contributed by atoms with E-state index in [1.54, 1.807) is 19.2 Å². The third kappa shape index (κ3) is 4.09. The first-order chi connectivity index (χ1) is 13.6. The van der Waals surface area contributed by atoms with Gasteiger partial charge in [-0.1, -0.05) is 24.6 Å². The van der Waals surface area contributed by atoms with Gasteiger partial charge in [0.05, 0.1) is 30.5 Å². The van der Waals surface area contributed by atoms with Crippen LogP contribution in [0.5, 0.6) is 11.5 Å². The smallest absolute Gasteiger partial charge is 0.254 e. The Labute approximate surface area is 171 Å². The number of nitrogens with zero attached hydrogens (tertiary/aromatic N) is 2. The molecule has 0 spiro atoms. The number of carbonyl (C=O) groups is 1. The largest absolute Gasteiger partial charge is 0.493 e. The van der Waals surface area contributed by atoms with E-state index in [2.05, 4.69) is 18.0 Å². The number of ether oxygens (including phenoxy) is 2. The molecule has 1 aliphatic rings. The monoisotopic (exact) mass is 402 g/mol. The van der Waals surface area contributed by atoms with Gasteiger partial charge in [0, 0.05) is 18.3 Å². The van der Waals surface area contributed by atoms with Gasteiger partial charge in [-0.05, 0) is 56.4 Å². The molecule has 1 aromatic heterocycles. The van der Waals surface area contributed by atoms with Crippen LogP contribution in [0.4, 0.5) is 0 Å². The van der Waals surface area contributed by atoms with Crippen LogP contribution in [0.1, 0.15) is 60.8 Å². The van der Waals surface area contributed by atoms with Crippen molar-refractivity contribution in [3.05, 3.63) is 52.3 Å². The predicted octanol–water partition coefficient (Wildman–Crippen LogP) is 5.07. The molecule has 0 radical (unpaired) electrons. The lowest BCUT2D eigenvalue weighted by Crippen LogP contribution is -2.37. The van der Waals surface area contributed by atoms with Crippen LogP contribution in [0.3, 0.4) is 0 Å². The standard InChI is InChI=1S/C22H27ClN2O3/c1-4-12-25(18-10-6-8-15-9-7-11-24-20(15)18)22(26)16-13-17(23)21(28-5-2)19(14-16)27-3/h7,9,11,13-14,18H,4-6,8,10,12H2,1-3H3/t18-/m0/s1. The number of amides is 1. The molecule has 6 heteroatoms. The first-order valence-corrected chi connectivity index (χ1v) is 10.2. The fourth-order valence-corrected chi connectivity index (χ4v) is 4.09. The van der Waals surface area contributed by atoms with E-state index in [0.29, 0.717) is 35.2 Å². The third-order valence-corrected chi connectivity index (χ3v) is 5.31. The van der Waals surface area contributed by atoms with Gasteiger partial charge in [-0.2, -0.15) is 0 Å². The zero-order valence-corrected chi connectivity index (χ0v) is 17.5. The Balaban J connectivity index is 1.98. The number of aryl methyl sites for hydroxylation is 1. The van der Waals surface area contributed by atoms with Crippen molar-refractivity contribution in [2.75, 3.05) is 20.3 Å². The van der Waals surface area contributed by atoms with E-state index in [0.717, 1.165) is 31.4 Å². The van der Waals surface area contributed by atoms with Gasteiger partial charge in [0.2, 0.25) is 0 Å².